The summed E-state index contributed by atoms with van der Waals surface area (Å²) in [6, 6.07) is 3.41. The quantitative estimate of drug-likeness (QED) is 0.822. The van der Waals surface area contributed by atoms with Gasteiger partial charge in [-0.15, -0.1) is 0 Å². The summed E-state index contributed by atoms with van der Waals surface area (Å²) in [5.41, 5.74) is 0.693. The maximum atomic E-state index is 9.66. The van der Waals surface area contributed by atoms with E-state index in [1.165, 1.54) is 0 Å². The molecule has 1 unspecified atom stereocenters. The zero-order valence-corrected chi connectivity index (χ0v) is 8.54. The summed E-state index contributed by atoms with van der Waals surface area (Å²) >= 11 is 5.99. The molecule has 14 heavy (non-hydrogen) atoms. The van der Waals surface area contributed by atoms with E-state index in [9.17, 15) is 5.11 Å². The van der Waals surface area contributed by atoms with Crippen molar-refractivity contribution in [3.8, 4) is 11.5 Å². The van der Waals surface area contributed by atoms with E-state index in [1.54, 1.807) is 12.1 Å². The number of fused-ring (bicyclic) bond motifs is 1. The average molecular weight is 215 g/mol. The summed E-state index contributed by atoms with van der Waals surface area (Å²) in [6.07, 6.45) is 0.0799. The van der Waals surface area contributed by atoms with Gasteiger partial charge in [0.2, 0.25) is 6.79 Å². The van der Waals surface area contributed by atoms with E-state index in [4.69, 9.17) is 21.1 Å². The van der Waals surface area contributed by atoms with Gasteiger partial charge in [0.15, 0.2) is 11.5 Å². The van der Waals surface area contributed by atoms with Gasteiger partial charge in [0, 0.05) is 11.6 Å². The van der Waals surface area contributed by atoms with Gasteiger partial charge in [-0.05, 0) is 12.5 Å². The summed E-state index contributed by atoms with van der Waals surface area (Å²) in [7, 11) is 0. The van der Waals surface area contributed by atoms with Crippen molar-refractivity contribution in [3.05, 3.63) is 22.7 Å². The molecule has 0 bridgehead atoms. The Kier molecular flexibility index (Phi) is 2.52. The first-order chi connectivity index (χ1) is 6.72. The topological polar surface area (TPSA) is 38.7 Å². The molecule has 1 heterocycles. The Morgan fingerprint density at radius 1 is 1.43 bits per heavy atom. The van der Waals surface area contributed by atoms with E-state index in [-0.39, 0.29) is 6.79 Å². The molecule has 1 aliphatic rings. The van der Waals surface area contributed by atoms with Gasteiger partial charge in [-0.25, -0.2) is 0 Å². The highest BCUT2D eigenvalue weighted by Crippen LogP contribution is 2.39. The molecule has 76 valence electrons. The van der Waals surface area contributed by atoms with Crippen LogP contribution in [0, 0.1) is 0 Å². The van der Waals surface area contributed by atoms with E-state index in [0.717, 1.165) is 0 Å². The zero-order chi connectivity index (χ0) is 10.1. The lowest BCUT2D eigenvalue weighted by atomic mass is 10.1. The first-order valence-corrected chi connectivity index (χ1v) is 4.87. The summed E-state index contributed by atoms with van der Waals surface area (Å²) in [6.45, 7) is 2.11. The fourth-order valence-electron chi connectivity index (χ4n) is 1.41. The molecule has 0 saturated heterocycles. The lowest BCUT2D eigenvalue weighted by molar-refractivity contribution is 0.169. The van der Waals surface area contributed by atoms with E-state index < -0.39 is 6.10 Å². The van der Waals surface area contributed by atoms with Gasteiger partial charge in [-0.3, -0.25) is 0 Å². The van der Waals surface area contributed by atoms with Crippen molar-refractivity contribution in [1.29, 1.82) is 0 Å². The Hall–Kier alpha value is -0.930. The van der Waals surface area contributed by atoms with Gasteiger partial charge in [0.05, 0.1) is 11.1 Å². The molecule has 4 heteroatoms. The van der Waals surface area contributed by atoms with Crippen LogP contribution in [0.1, 0.15) is 25.0 Å². The van der Waals surface area contributed by atoms with E-state index in [1.807, 2.05) is 6.92 Å². The van der Waals surface area contributed by atoms with Crippen LogP contribution in [0.25, 0.3) is 0 Å². The van der Waals surface area contributed by atoms with Gasteiger partial charge < -0.3 is 14.6 Å². The van der Waals surface area contributed by atoms with Crippen molar-refractivity contribution in [2.45, 2.75) is 19.4 Å². The minimum atomic E-state index is -0.544. The number of hydrogen-bond donors (Lipinski definition) is 1. The Balaban J connectivity index is 2.42. The molecular formula is C10H11ClO3. The Morgan fingerprint density at radius 3 is 2.71 bits per heavy atom. The number of halogens is 1. The van der Waals surface area contributed by atoms with Crippen LogP contribution < -0.4 is 9.47 Å². The Labute approximate surface area is 87.2 Å². The predicted molar refractivity (Wildman–Crippen MR) is 52.8 cm³/mol. The molecule has 0 amide bonds. The number of aliphatic hydroxyl groups excluding tert-OH is 1. The van der Waals surface area contributed by atoms with E-state index in [2.05, 4.69) is 0 Å². The molecule has 1 aromatic rings. The fourth-order valence-corrected chi connectivity index (χ4v) is 1.69. The molecule has 0 spiro atoms. The van der Waals surface area contributed by atoms with Crippen LogP contribution in [0.5, 0.6) is 11.5 Å². The van der Waals surface area contributed by atoms with Crippen LogP contribution in [0.15, 0.2) is 12.1 Å². The van der Waals surface area contributed by atoms with Gasteiger partial charge >= 0.3 is 0 Å². The molecule has 0 saturated carbocycles. The van der Waals surface area contributed by atoms with Crippen molar-refractivity contribution in [2.24, 2.45) is 0 Å². The van der Waals surface area contributed by atoms with Crippen molar-refractivity contribution >= 4 is 11.6 Å². The Bertz CT molecular complexity index is 351. The maximum absolute atomic E-state index is 9.66. The highest BCUT2D eigenvalue weighted by molar-refractivity contribution is 6.31. The first kappa shape index (κ1) is 9.62. The van der Waals surface area contributed by atoms with Gasteiger partial charge in [-0.2, -0.15) is 0 Å². The van der Waals surface area contributed by atoms with Gasteiger partial charge in [0.1, 0.15) is 0 Å². The molecule has 1 aliphatic heterocycles. The fraction of sp³-hybridized carbons (Fsp3) is 0.400. The first-order valence-electron chi connectivity index (χ1n) is 4.49. The molecule has 0 aromatic heterocycles. The van der Waals surface area contributed by atoms with Crippen LogP contribution in [0.3, 0.4) is 0 Å². The molecule has 1 N–H and O–H groups in total. The van der Waals surface area contributed by atoms with Crippen molar-refractivity contribution in [2.75, 3.05) is 6.79 Å². The molecule has 0 radical (unpaired) electrons. The molecule has 3 nitrogen and oxygen atoms in total. The largest absolute Gasteiger partial charge is 0.454 e. The average Bonchev–Trinajstić information content (AvgIpc) is 2.62. The molecule has 1 atom stereocenters. The van der Waals surface area contributed by atoms with Crippen LogP contribution in [0.2, 0.25) is 5.02 Å². The third-order valence-corrected chi connectivity index (χ3v) is 2.56. The van der Waals surface area contributed by atoms with Crippen LogP contribution in [-0.4, -0.2) is 11.9 Å². The van der Waals surface area contributed by atoms with Crippen LogP contribution >= 0.6 is 11.6 Å². The van der Waals surface area contributed by atoms with Crippen molar-refractivity contribution in [1.82, 2.24) is 0 Å². The smallest absolute Gasteiger partial charge is 0.231 e. The van der Waals surface area contributed by atoms with E-state index >= 15 is 0 Å². The van der Waals surface area contributed by atoms with Crippen LogP contribution in [-0.2, 0) is 0 Å². The summed E-state index contributed by atoms with van der Waals surface area (Å²) < 4.78 is 10.4. The third-order valence-electron chi connectivity index (χ3n) is 2.24. The Morgan fingerprint density at radius 2 is 2.07 bits per heavy atom. The van der Waals surface area contributed by atoms with Gasteiger partial charge in [-0.1, -0.05) is 18.5 Å². The number of benzene rings is 1. The summed E-state index contributed by atoms with van der Waals surface area (Å²) in [4.78, 5) is 0. The second-order valence-electron chi connectivity index (χ2n) is 3.15. The second kappa shape index (κ2) is 3.67. The standard InChI is InChI=1S/C10H11ClO3/c1-2-8(12)6-3-9-10(4-7(6)11)14-5-13-9/h3-4,8,12H,2,5H2,1H3. The molecular weight excluding hydrogens is 204 g/mol. The highest BCUT2D eigenvalue weighted by Gasteiger charge is 2.19. The molecule has 0 fully saturated rings. The number of ether oxygens (including phenoxy) is 2. The van der Waals surface area contributed by atoms with Crippen LogP contribution in [0.4, 0.5) is 0 Å². The normalized spacial score (nSPS) is 15.6. The predicted octanol–water partition coefficient (Wildman–Crippen LogP) is 2.51. The summed E-state index contributed by atoms with van der Waals surface area (Å²) in [5, 5.41) is 10.2. The minimum absolute atomic E-state index is 0.220. The third kappa shape index (κ3) is 1.53. The highest BCUT2D eigenvalue weighted by atomic mass is 35.5. The van der Waals surface area contributed by atoms with Crippen molar-refractivity contribution < 1.29 is 14.6 Å². The lowest BCUT2D eigenvalue weighted by Crippen LogP contribution is -1.96. The number of aliphatic hydroxyl groups is 1. The van der Waals surface area contributed by atoms with E-state index in [0.29, 0.717) is 28.5 Å². The minimum Gasteiger partial charge on any atom is -0.454 e. The molecule has 0 aliphatic carbocycles. The summed E-state index contributed by atoms with van der Waals surface area (Å²) in [5.74, 6) is 1.29. The molecule has 2 rings (SSSR count). The maximum Gasteiger partial charge on any atom is 0.231 e. The van der Waals surface area contributed by atoms with Gasteiger partial charge in [0.25, 0.3) is 0 Å². The monoisotopic (exact) mass is 214 g/mol. The zero-order valence-electron chi connectivity index (χ0n) is 7.79. The van der Waals surface area contributed by atoms with Crippen molar-refractivity contribution in [3.63, 3.8) is 0 Å². The second-order valence-corrected chi connectivity index (χ2v) is 3.56. The number of rotatable bonds is 2. The number of hydrogen-bond acceptors (Lipinski definition) is 3. The SMILES string of the molecule is CCC(O)c1cc2c(cc1Cl)OCO2. The molecule has 1 aromatic carbocycles. The lowest BCUT2D eigenvalue weighted by Gasteiger charge is -2.10.